The zero-order valence-electron chi connectivity index (χ0n) is 20.3. The number of ether oxygens (including phenoxy) is 1. The van der Waals surface area contributed by atoms with Gasteiger partial charge in [-0.1, -0.05) is 62.4 Å². The molecule has 3 unspecified atom stereocenters. The molecule has 1 aromatic heterocycles. The molecule has 0 N–H and O–H groups in total. The molecule has 0 bridgehead atoms. The number of aromatic nitrogens is 1. The number of pyridine rings is 1. The molecule has 0 saturated heterocycles. The van der Waals surface area contributed by atoms with Crippen LogP contribution in [-0.2, 0) is 20.5 Å². The molecule has 3 heteroatoms. The highest BCUT2D eigenvalue weighted by Crippen LogP contribution is 2.69. The fourth-order valence-corrected chi connectivity index (χ4v) is 7.10. The molecule has 1 aliphatic heterocycles. The minimum absolute atomic E-state index is 0.0158. The number of carbonyl (C=O) groups is 1. The molecule has 1 fully saturated rings. The van der Waals surface area contributed by atoms with Crippen LogP contribution in [0.15, 0.2) is 84.6 Å². The second-order valence-corrected chi connectivity index (χ2v) is 9.76. The summed E-state index contributed by atoms with van der Waals surface area (Å²) in [7, 11) is 0. The van der Waals surface area contributed by atoms with Crippen LogP contribution in [0.25, 0.3) is 32.9 Å². The van der Waals surface area contributed by atoms with Gasteiger partial charge in [-0.25, -0.2) is 0 Å². The van der Waals surface area contributed by atoms with Crippen molar-refractivity contribution in [2.45, 2.75) is 57.6 Å². The number of hydrogen-bond donors (Lipinski definition) is 0. The van der Waals surface area contributed by atoms with E-state index < -0.39 is 0 Å². The lowest BCUT2D eigenvalue weighted by atomic mass is 9.78. The first-order chi connectivity index (χ1) is 16.5. The number of fused-ring (bicyclic) bond motifs is 11. The van der Waals surface area contributed by atoms with Gasteiger partial charge in [0, 0.05) is 23.9 Å². The maximum absolute atomic E-state index is 11.8. The monoisotopic (exact) mass is 448 g/mol. The molecule has 0 amide bonds. The van der Waals surface area contributed by atoms with Crippen molar-refractivity contribution in [1.29, 1.82) is 0 Å². The summed E-state index contributed by atoms with van der Waals surface area (Å²) in [5.41, 5.74) is 4.77. The lowest BCUT2D eigenvalue weighted by Gasteiger charge is -2.29. The molecule has 3 nitrogen and oxygen atoms in total. The van der Waals surface area contributed by atoms with Gasteiger partial charge in [-0.05, 0) is 44.0 Å². The maximum atomic E-state index is 11.8. The highest BCUT2D eigenvalue weighted by molar-refractivity contribution is 6.09. The minimum Gasteiger partial charge on any atom is -0.486 e. The fourth-order valence-electron chi connectivity index (χ4n) is 7.10. The zero-order valence-corrected chi connectivity index (χ0v) is 20.3. The Morgan fingerprint density at radius 1 is 0.882 bits per heavy atom. The van der Waals surface area contributed by atoms with E-state index in [1.54, 1.807) is 13.0 Å². The summed E-state index contributed by atoms with van der Waals surface area (Å²) in [6.07, 6.45) is 3.46. The topological polar surface area (TPSA) is 30.2 Å². The average molecular weight is 449 g/mol. The zero-order chi connectivity index (χ0) is 23.7. The molecule has 0 radical (unpaired) electrons. The second-order valence-electron chi connectivity index (χ2n) is 9.76. The molecule has 3 atom stereocenters. The molecule has 4 aromatic rings. The predicted molar refractivity (Wildman–Crippen MR) is 137 cm³/mol. The van der Waals surface area contributed by atoms with Crippen molar-refractivity contribution in [3.8, 4) is 11.3 Å². The molecular weight excluding hydrogens is 418 g/mol. The van der Waals surface area contributed by atoms with Gasteiger partial charge < -0.3 is 4.74 Å². The summed E-state index contributed by atoms with van der Waals surface area (Å²) < 4.78 is 9.30. The first kappa shape index (κ1) is 21.1. The van der Waals surface area contributed by atoms with Gasteiger partial charge in [-0.2, -0.15) is 4.57 Å². The predicted octanol–water partition coefficient (Wildman–Crippen LogP) is 6.61. The number of benzene rings is 3. The normalized spacial score (nSPS) is 24.9. The Bertz CT molecular complexity index is 1520. The quantitative estimate of drug-likeness (QED) is 0.149. The van der Waals surface area contributed by atoms with Crippen molar-refractivity contribution in [3.05, 3.63) is 90.2 Å². The van der Waals surface area contributed by atoms with Crippen LogP contribution < -0.4 is 4.57 Å². The largest absolute Gasteiger partial charge is 0.486 e. The number of rotatable bonds is 5. The van der Waals surface area contributed by atoms with Gasteiger partial charge in [-0.3, -0.25) is 4.79 Å². The van der Waals surface area contributed by atoms with E-state index in [1.807, 2.05) is 6.92 Å². The van der Waals surface area contributed by atoms with E-state index in [0.29, 0.717) is 5.76 Å². The summed E-state index contributed by atoms with van der Waals surface area (Å²) in [6, 6.07) is 26.4. The Kier molecular flexibility index (Phi) is 4.51. The lowest BCUT2D eigenvalue weighted by molar-refractivity contribution is -0.714. The van der Waals surface area contributed by atoms with Gasteiger partial charge in [0.15, 0.2) is 11.9 Å². The standard InChI is InChI=1S/C31H30NO2/c1-5-30-26-17-11-9-16-25(26)28-24-15-8-7-13-22(24)23-14-10-12-18-27(23)32(28)31(30,6-2)29(30)34-21(4)19-20(3)33/h7-19,29H,5-6H2,1-4H3/q+1/b21-19-. The van der Waals surface area contributed by atoms with Gasteiger partial charge in [-0.15, -0.1) is 0 Å². The number of ketones is 1. The Labute approximate surface area is 200 Å². The molecule has 0 spiro atoms. The van der Waals surface area contributed by atoms with Crippen molar-refractivity contribution in [2.75, 3.05) is 0 Å². The number of allylic oxidation sites excluding steroid dienone is 2. The summed E-state index contributed by atoms with van der Waals surface area (Å²) in [5.74, 6) is 0.708. The fraction of sp³-hybridized carbons (Fsp3) is 0.290. The lowest BCUT2D eigenvalue weighted by Crippen LogP contribution is -2.56. The summed E-state index contributed by atoms with van der Waals surface area (Å²) in [4.78, 5) is 11.8. The third kappa shape index (κ3) is 2.42. The molecule has 34 heavy (non-hydrogen) atoms. The molecule has 6 rings (SSSR count). The van der Waals surface area contributed by atoms with Crippen LogP contribution in [0.3, 0.4) is 0 Å². The van der Waals surface area contributed by atoms with E-state index in [2.05, 4.69) is 91.2 Å². The highest BCUT2D eigenvalue weighted by atomic mass is 16.5. The average Bonchev–Trinajstić information content (AvgIpc) is 3.45. The van der Waals surface area contributed by atoms with Crippen LogP contribution in [0.2, 0.25) is 0 Å². The second kappa shape index (κ2) is 7.27. The van der Waals surface area contributed by atoms with E-state index in [9.17, 15) is 4.79 Å². The van der Waals surface area contributed by atoms with Gasteiger partial charge >= 0.3 is 0 Å². The third-order valence-electron chi connectivity index (χ3n) is 8.28. The van der Waals surface area contributed by atoms with E-state index in [0.717, 1.165) is 12.8 Å². The van der Waals surface area contributed by atoms with Crippen molar-refractivity contribution in [1.82, 2.24) is 0 Å². The van der Waals surface area contributed by atoms with E-state index in [4.69, 9.17) is 4.74 Å². The Balaban J connectivity index is 1.78. The Hall–Kier alpha value is -3.46. The van der Waals surface area contributed by atoms with Crippen LogP contribution in [0.4, 0.5) is 0 Å². The van der Waals surface area contributed by atoms with Crippen LogP contribution in [0.5, 0.6) is 0 Å². The van der Waals surface area contributed by atoms with Gasteiger partial charge in [0.25, 0.3) is 0 Å². The van der Waals surface area contributed by atoms with Crippen molar-refractivity contribution < 1.29 is 14.1 Å². The molecule has 2 heterocycles. The van der Waals surface area contributed by atoms with E-state index in [-0.39, 0.29) is 22.8 Å². The number of nitrogens with zero attached hydrogens (tertiary/aromatic N) is 1. The molecule has 1 saturated carbocycles. The number of hydrogen-bond acceptors (Lipinski definition) is 2. The van der Waals surface area contributed by atoms with Crippen molar-refractivity contribution >= 4 is 27.5 Å². The van der Waals surface area contributed by atoms with Crippen LogP contribution in [-0.4, -0.2) is 11.9 Å². The minimum atomic E-state index is -0.235. The van der Waals surface area contributed by atoms with Gasteiger partial charge in [0.2, 0.25) is 16.7 Å². The first-order valence-corrected chi connectivity index (χ1v) is 12.3. The molecule has 1 aliphatic carbocycles. The molecular formula is C31H30NO2+. The van der Waals surface area contributed by atoms with E-state index in [1.165, 1.54) is 38.5 Å². The Morgan fingerprint density at radius 2 is 1.53 bits per heavy atom. The number of carbonyl (C=O) groups excluding carboxylic acids is 1. The summed E-state index contributed by atoms with van der Waals surface area (Å²) in [6.45, 7) is 8.06. The third-order valence-corrected chi connectivity index (χ3v) is 8.28. The summed E-state index contributed by atoms with van der Waals surface area (Å²) in [5, 5.41) is 3.81. The summed E-state index contributed by atoms with van der Waals surface area (Å²) >= 11 is 0. The SMILES string of the molecule is CCC12c3ccccc3-c3c4ccccc4c4ccccc4[n+]3C1(CC)C2O/C(C)=C\C(C)=O. The smallest absolute Gasteiger partial charge is 0.221 e. The highest BCUT2D eigenvalue weighted by Gasteiger charge is 2.87. The van der Waals surface area contributed by atoms with Gasteiger partial charge in [0.1, 0.15) is 5.41 Å². The molecule has 2 aliphatic rings. The number of para-hydroxylation sites is 1. The van der Waals surface area contributed by atoms with Crippen molar-refractivity contribution in [2.24, 2.45) is 0 Å². The van der Waals surface area contributed by atoms with Gasteiger partial charge in [0.05, 0.1) is 22.1 Å². The first-order valence-electron chi connectivity index (χ1n) is 12.3. The Morgan fingerprint density at radius 3 is 2.24 bits per heavy atom. The van der Waals surface area contributed by atoms with Crippen molar-refractivity contribution in [3.63, 3.8) is 0 Å². The van der Waals surface area contributed by atoms with E-state index >= 15 is 0 Å². The van der Waals surface area contributed by atoms with Crippen LogP contribution >= 0.6 is 0 Å². The van der Waals surface area contributed by atoms with Crippen LogP contribution in [0, 0.1) is 0 Å². The maximum Gasteiger partial charge on any atom is 0.221 e. The molecule has 3 aromatic carbocycles. The molecule has 170 valence electrons. The van der Waals surface area contributed by atoms with Crippen LogP contribution in [0.1, 0.15) is 46.1 Å².